The lowest BCUT2D eigenvalue weighted by Crippen LogP contribution is -2.34. The van der Waals surface area contributed by atoms with Gasteiger partial charge in [-0.15, -0.1) is 0 Å². The molecule has 0 aliphatic rings. The van der Waals surface area contributed by atoms with E-state index in [0.29, 0.717) is 30.0 Å². The lowest BCUT2D eigenvalue weighted by Gasteiger charge is -2.10. The van der Waals surface area contributed by atoms with Gasteiger partial charge in [-0.1, -0.05) is 20.3 Å². The number of hydrogen-bond donors (Lipinski definition) is 3. The van der Waals surface area contributed by atoms with Crippen LogP contribution < -0.4 is 20.1 Å². The average molecular weight is 448 g/mol. The first-order valence-corrected chi connectivity index (χ1v) is 11.7. The second kappa shape index (κ2) is 12.1. The number of nitrogens with one attached hydrogen (secondary N) is 3. The van der Waals surface area contributed by atoms with E-state index in [9.17, 15) is 18.0 Å². The van der Waals surface area contributed by atoms with Crippen LogP contribution in [0.1, 0.15) is 43.5 Å². The second-order valence-electron chi connectivity index (χ2n) is 6.81. The highest BCUT2D eigenvalue weighted by atomic mass is 32.2. The van der Waals surface area contributed by atoms with Gasteiger partial charge in [0.1, 0.15) is 5.75 Å². The molecule has 0 spiro atoms. The van der Waals surface area contributed by atoms with Crippen molar-refractivity contribution in [1.82, 2.24) is 10.0 Å². The molecule has 0 aliphatic heterocycles. The molecule has 31 heavy (non-hydrogen) atoms. The lowest BCUT2D eigenvalue weighted by atomic mass is 10.2. The van der Waals surface area contributed by atoms with Crippen LogP contribution >= 0.6 is 0 Å². The van der Waals surface area contributed by atoms with Crippen LogP contribution in [0.4, 0.5) is 5.69 Å². The summed E-state index contributed by atoms with van der Waals surface area (Å²) in [6.07, 6.45) is 2.33. The van der Waals surface area contributed by atoms with Crippen LogP contribution in [0.15, 0.2) is 53.4 Å². The fourth-order valence-corrected chi connectivity index (χ4v) is 3.58. The number of unbranched alkanes of at least 4 members (excludes halogenated alkanes) is 1. The minimum Gasteiger partial charge on any atom is -0.494 e. The van der Waals surface area contributed by atoms with Crippen molar-refractivity contribution in [3.8, 4) is 5.75 Å². The van der Waals surface area contributed by atoms with Crippen molar-refractivity contribution in [2.24, 2.45) is 0 Å². The summed E-state index contributed by atoms with van der Waals surface area (Å²) in [5.41, 5.74) is 1.02. The standard InChI is InChI=1S/C22H29N3O5S/c1-3-5-16-30-19-10-12-20(13-11-19)31(28,29)24-15-14-23-22(27)17-6-8-18(9-7-17)25-21(26)4-2/h6-13,24H,3-5,14-16H2,1-2H3,(H,23,27)(H,25,26). The van der Waals surface area contributed by atoms with E-state index in [1.807, 2.05) is 0 Å². The van der Waals surface area contributed by atoms with E-state index in [1.54, 1.807) is 43.3 Å². The van der Waals surface area contributed by atoms with Gasteiger partial charge in [0.05, 0.1) is 11.5 Å². The number of carbonyl (C=O) groups is 2. The summed E-state index contributed by atoms with van der Waals surface area (Å²) >= 11 is 0. The molecule has 0 fully saturated rings. The number of sulfonamides is 1. The summed E-state index contributed by atoms with van der Waals surface area (Å²) in [4.78, 5) is 23.7. The van der Waals surface area contributed by atoms with Gasteiger partial charge in [0.25, 0.3) is 5.91 Å². The molecular formula is C22H29N3O5S. The Labute approximate surface area is 183 Å². The number of carbonyl (C=O) groups excluding carboxylic acids is 2. The predicted octanol–water partition coefficient (Wildman–Crippen LogP) is 2.92. The fourth-order valence-electron chi connectivity index (χ4n) is 2.55. The minimum atomic E-state index is -3.68. The van der Waals surface area contributed by atoms with Crippen LogP contribution in [0.2, 0.25) is 0 Å². The van der Waals surface area contributed by atoms with Crippen LogP contribution in [-0.2, 0) is 14.8 Å². The Morgan fingerprint density at radius 1 is 0.935 bits per heavy atom. The first-order chi connectivity index (χ1) is 14.9. The third-order valence-corrected chi connectivity index (χ3v) is 5.83. The maximum Gasteiger partial charge on any atom is 0.251 e. The molecule has 0 aromatic heterocycles. The highest BCUT2D eigenvalue weighted by Gasteiger charge is 2.14. The van der Waals surface area contributed by atoms with Crippen molar-refractivity contribution in [3.05, 3.63) is 54.1 Å². The zero-order valence-electron chi connectivity index (χ0n) is 17.8. The molecule has 2 rings (SSSR count). The van der Waals surface area contributed by atoms with Gasteiger partial charge in [0.2, 0.25) is 15.9 Å². The van der Waals surface area contributed by atoms with Gasteiger partial charge in [0.15, 0.2) is 0 Å². The largest absolute Gasteiger partial charge is 0.494 e. The molecule has 9 heteroatoms. The summed E-state index contributed by atoms with van der Waals surface area (Å²) in [7, 11) is -3.68. The van der Waals surface area contributed by atoms with E-state index >= 15 is 0 Å². The van der Waals surface area contributed by atoms with E-state index in [2.05, 4.69) is 22.3 Å². The van der Waals surface area contributed by atoms with Crippen LogP contribution in [0.3, 0.4) is 0 Å². The fraction of sp³-hybridized carbons (Fsp3) is 0.364. The average Bonchev–Trinajstić information content (AvgIpc) is 2.77. The van der Waals surface area contributed by atoms with Crippen LogP contribution in [0.5, 0.6) is 5.75 Å². The molecular weight excluding hydrogens is 418 g/mol. The van der Waals surface area contributed by atoms with Gasteiger partial charge >= 0.3 is 0 Å². The smallest absolute Gasteiger partial charge is 0.251 e. The van der Waals surface area contributed by atoms with Gasteiger partial charge < -0.3 is 15.4 Å². The Morgan fingerprint density at radius 2 is 1.61 bits per heavy atom. The highest BCUT2D eigenvalue weighted by Crippen LogP contribution is 2.16. The normalized spacial score (nSPS) is 11.0. The van der Waals surface area contributed by atoms with E-state index in [4.69, 9.17) is 4.74 Å². The van der Waals surface area contributed by atoms with Gasteiger partial charge in [-0.3, -0.25) is 9.59 Å². The van der Waals surface area contributed by atoms with Crippen molar-refractivity contribution < 1.29 is 22.7 Å². The number of amides is 2. The van der Waals surface area contributed by atoms with Crippen molar-refractivity contribution in [2.75, 3.05) is 25.0 Å². The molecule has 0 unspecified atom stereocenters. The van der Waals surface area contributed by atoms with Gasteiger partial charge in [-0.2, -0.15) is 0 Å². The van der Waals surface area contributed by atoms with Crippen molar-refractivity contribution in [3.63, 3.8) is 0 Å². The molecule has 0 aliphatic carbocycles. The topological polar surface area (TPSA) is 114 Å². The molecule has 2 aromatic rings. The number of rotatable bonds is 12. The molecule has 0 bridgehead atoms. The number of ether oxygens (including phenoxy) is 1. The Hall–Kier alpha value is -2.91. The van der Waals surface area contributed by atoms with Crippen molar-refractivity contribution >= 4 is 27.5 Å². The third-order valence-electron chi connectivity index (χ3n) is 4.36. The van der Waals surface area contributed by atoms with E-state index < -0.39 is 10.0 Å². The van der Waals surface area contributed by atoms with Crippen molar-refractivity contribution in [2.45, 2.75) is 38.0 Å². The monoisotopic (exact) mass is 447 g/mol. The molecule has 0 saturated heterocycles. The number of anilines is 1. The summed E-state index contributed by atoms with van der Waals surface area (Å²) < 4.78 is 32.7. The van der Waals surface area contributed by atoms with Crippen molar-refractivity contribution in [1.29, 1.82) is 0 Å². The SMILES string of the molecule is CCCCOc1ccc(S(=O)(=O)NCCNC(=O)c2ccc(NC(=O)CC)cc2)cc1. The first kappa shape index (κ1) is 24.4. The molecule has 0 heterocycles. The quantitative estimate of drug-likeness (QED) is 0.433. The van der Waals surface area contributed by atoms with E-state index in [0.717, 1.165) is 12.8 Å². The Balaban J connectivity index is 1.79. The molecule has 2 aromatic carbocycles. The predicted molar refractivity (Wildman–Crippen MR) is 120 cm³/mol. The molecule has 0 atom stereocenters. The highest BCUT2D eigenvalue weighted by molar-refractivity contribution is 7.89. The zero-order valence-corrected chi connectivity index (χ0v) is 18.6. The number of hydrogen-bond acceptors (Lipinski definition) is 5. The van der Waals surface area contributed by atoms with Crippen LogP contribution in [-0.4, -0.2) is 39.9 Å². The Morgan fingerprint density at radius 3 is 2.23 bits per heavy atom. The van der Waals surface area contributed by atoms with E-state index in [1.165, 1.54) is 12.1 Å². The summed E-state index contributed by atoms with van der Waals surface area (Å²) in [5.74, 6) is 0.184. The maximum atomic E-state index is 12.4. The van der Waals surface area contributed by atoms with Gasteiger partial charge in [-0.25, -0.2) is 13.1 Å². The molecule has 0 saturated carbocycles. The zero-order chi connectivity index (χ0) is 22.7. The molecule has 168 valence electrons. The lowest BCUT2D eigenvalue weighted by molar-refractivity contribution is -0.115. The summed E-state index contributed by atoms with van der Waals surface area (Å²) in [6.45, 7) is 4.59. The molecule has 3 N–H and O–H groups in total. The summed E-state index contributed by atoms with van der Waals surface area (Å²) in [5, 5.41) is 5.36. The van der Waals surface area contributed by atoms with Crippen LogP contribution in [0.25, 0.3) is 0 Å². The van der Waals surface area contributed by atoms with Crippen LogP contribution in [0, 0.1) is 0 Å². The second-order valence-corrected chi connectivity index (χ2v) is 8.57. The molecule has 8 nitrogen and oxygen atoms in total. The van der Waals surface area contributed by atoms with Gasteiger partial charge in [0, 0.05) is 30.8 Å². The maximum absolute atomic E-state index is 12.4. The number of benzene rings is 2. The Bertz CT molecular complexity index is 958. The minimum absolute atomic E-state index is 0.0491. The van der Waals surface area contributed by atoms with Gasteiger partial charge in [-0.05, 0) is 55.0 Å². The van der Waals surface area contributed by atoms with E-state index in [-0.39, 0.29) is 29.8 Å². The first-order valence-electron chi connectivity index (χ1n) is 10.3. The molecule has 0 radical (unpaired) electrons. The summed E-state index contributed by atoms with van der Waals surface area (Å²) in [6, 6.07) is 12.7. The molecule has 2 amide bonds. The Kier molecular flexibility index (Phi) is 9.48. The third kappa shape index (κ3) is 8.03.